The number of halogens is 2. The Bertz CT molecular complexity index is 472. The molecule has 1 aliphatic rings. The summed E-state index contributed by atoms with van der Waals surface area (Å²) in [6.45, 7) is 17.4. The van der Waals surface area contributed by atoms with Gasteiger partial charge in [-0.15, -0.1) is 6.92 Å². The Labute approximate surface area is 165 Å². The van der Waals surface area contributed by atoms with Crippen LogP contribution < -0.4 is 24.8 Å². The molecule has 0 aromatic heterocycles. The van der Waals surface area contributed by atoms with Crippen molar-refractivity contribution in [2.75, 3.05) is 0 Å². The average molecular weight is 435 g/mol. The molecule has 0 saturated heterocycles. The predicted molar refractivity (Wildman–Crippen MR) is 89.1 cm³/mol. The van der Waals surface area contributed by atoms with E-state index in [1.807, 2.05) is 0 Å². The Hall–Kier alpha value is 0.510. The van der Waals surface area contributed by atoms with Gasteiger partial charge in [-0.2, -0.15) is 28.8 Å². The first-order valence-electron chi connectivity index (χ1n) is 7.14. The first-order chi connectivity index (χ1) is 9.13. The van der Waals surface area contributed by atoms with Crippen LogP contribution in [-0.4, -0.2) is 5.43 Å². The van der Waals surface area contributed by atoms with E-state index in [9.17, 15) is 0 Å². The summed E-state index contributed by atoms with van der Waals surface area (Å²) in [7, 11) is 0. The first-order valence-corrected chi connectivity index (χ1v) is 13.3. The van der Waals surface area contributed by atoms with Gasteiger partial charge in [0, 0.05) is 0 Å². The molecule has 0 N–H and O–H groups in total. The second-order valence-electron chi connectivity index (χ2n) is 5.81. The summed E-state index contributed by atoms with van der Waals surface area (Å²) in [5.74, 6) is 0.551. The number of hydrogen-bond acceptors (Lipinski definition) is 0. The molecule has 124 valence electrons. The molecule has 1 atom stereocenters. The molecule has 0 fully saturated rings. The second kappa shape index (κ2) is 13.9. The number of hydrogen-bond donors (Lipinski definition) is 0. The van der Waals surface area contributed by atoms with E-state index in [0.717, 1.165) is 0 Å². The molecule has 0 nitrogen and oxygen atoms in total. The van der Waals surface area contributed by atoms with Crippen LogP contribution in [-0.2, 0) is 23.3 Å². The van der Waals surface area contributed by atoms with Crippen LogP contribution in [0.2, 0.25) is 13.1 Å². The van der Waals surface area contributed by atoms with Crippen LogP contribution in [0, 0.1) is 32.8 Å². The molecule has 22 heavy (non-hydrogen) atoms. The molecule has 1 unspecified atom stereocenters. The quantitative estimate of drug-likeness (QED) is 0.380. The van der Waals surface area contributed by atoms with Gasteiger partial charge in [0.05, 0.1) is 0 Å². The van der Waals surface area contributed by atoms with Crippen LogP contribution in [0.25, 0.3) is 0 Å². The van der Waals surface area contributed by atoms with Crippen molar-refractivity contribution in [3.05, 3.63) is 52.1 Å². The fourth-order valence-electron chi connectivity index (χ4n) is 1.95. The van der Waals surface area contributed by atoms with Gasteiger partial charge in [-0.3, -0.25) is 6.08 Å². The van der Waals surface area contributed by atoms with Crippen molar-refractivity contribution in [2.45, 2.75) is 54.6 Å². The Kier molecular flexibility index (Phi) is 17.3. The Morgan fingerprint density at radius 3 is 1.64 bits per heavy atom. The molecule has 0 amide bonds. The summed E-state index contributed by atoms with van der Waals surface area (Å²) >= 11 is 1.74. The van der Waals surface area contributed by atoms with E-state index >= 15 is 0 Å². The molecule has 0 radical (unpaired) electrons. The van der Waals surface area contributed by atoms with Crippen molar-refractivity contribution in [3.8, 4) is 0 Å². The maximum absolute atomic E-state index is 3.29. The van der Waals surface area contributed by atoms with E-state index in [2.05, 4.69) is 78.9 Å². The minimum absolute atomic E-state index is 0. The van der Waals surface area contributed by atoms with Crippen molar-refractivity contribution < 1.29 is 48.1 Å². The molecule has 0 saturated carbocycles. The summed E-state index contributed by atoms with van der Waals surface area (Å²) in [6, 6.07) is 4.41. The van der Waals surface area contributed by atoms with Gasteiger partial charge in [-0.05, 0) is 0 Å². The van der Waals surface area contributed by atoms with Crippen molar-refractivity contribution in [1.29, 1.82) is 0 Å². The van der Waals surface area contributed by atoms with Gasteiger partial charge in [-0.1, -0.05) is 40.5 Å². The van der Waals surface area contributed by atoms with E-state index in [1.165, 1.54) is 27.8 Å². The summed E-state index contributed by atoms with van der Waals surface area (Å²) in [5, 5.41) is 0. The Balaban J connectivity index is -0.000000249. The second-order valence-corrected chi connectivity index (χ2v) is 15.2. The summed E-state index contributed by atoms with van der Waals surface area (Å²) in [5.41, 5.74) is 7.10. The maximum atomic E-state index is 3.29. The fourth-order valence-corrected chi connectivity index (χ4v) is 1.95. The first kappa shape index (κ1) is 27.4. The van der Waals surface area contributed by atoms with Gasteiger partial charge in [0.15, 0.2) is 0 Å². The van der Waals surface area contributed by atoms with Crippen LogP contribution in [0.15, 0.2) is 29.4 Å². The molecule has 0 heterocycles. The third kappa shape index (κ3) is 13.0. The van der Waals surface area contributed by atoms with Gasteiger partial charge >= 0.3 is 41.9 Å². The van der Waals surface area contributed by atoms with Gasteiger partial charge < -0.3 is 24.8 Å². The van der Waals surface area contributed by atoms with E-state index in [-0.39, 0.29) is 30.2 Å². The molecule has 0 aliphatic heterocycles. The zero-order valence-electron chi connectivity index (χ0n) is 15.1. The standard InChI is InChI=1S/2C8H11.C2H6Si.2ClH.Zr/c2*1-6-4-7(2)8(3)5-6;1-3-2;;;/h4,6H,1-3H3;4-5H,1-3H3;1-2H3;2*1H;/q2*-1;;;;+2/p-2. The fraction of sp³-hybridized carbons (Fsp3) is 0.500. The SMILES string of the molecule is CC1=[C-]C(C)C=C1C.C[Si](C)=[Zr+2].Cc1cc(C)c(C)[cH-]1.[Cl-].[Cl-]. The van der Waals surface area contributed by atoms with Crippen LogP contribution >= 0.6 is 0 Å². The number of rotatable bonds is 0. The molecular formula is C18H28Cl2SiZr-2. The van der Waals surface area contributed by atoms with Gasteiger partial charge in [0.1, 0.15) is 0 Å². The van der Waals surface area contributed by atoms with E-state index in [4.69, 9.17) is 0 Å². The largest absolute Gasteiger partial charge is 1.00 e. The van der Waals surface area contributed by atoms with E-state index in [1.54, 1.807) is 23.3 Å². The molecule has 1 aromatic carbocycles. The van der Waals surface area contributed by atoms with Crippen molar-refractivity contribution in [1.82, 2.24) is 0 Å². The van der Waals surface area contributed by atoms with Gasteiger partial charge in [0.25, 0.3) is 0 Å². The van der Waals surface area contributed by atoms with E-state index < -0.39 is 0 Å². The molecule has 1 aromatic rings. The Morgan fingerprint density at radius 1 is 1.09 bits per heavy atom. The van der Waals surface area contributed by atoms with Crippen molar-refractivity contribution in [2.24, 2.45) is 5.92 Å². The van der Waals surface area contributed by atoms with E-state index in [0.29, 0.717) is 5.92 Å². The topological polar surface area (TPSA) is 0 Å². The van der Waals surface area contributed by atoms with Crippen LogP contribution in [0.3, 0.4) is 0 Å². The summed E-state index contributed by atoms with van der Waals surface area (Å²) < 4.78 is 0. The molecule has 0 spiro atoms. The van der Waals surface area contributed by atoms with Crippen LogP contribution in [0.5, 0.6) is 0 Å². The molecule has 1 aliphatic carbocycles. The predicted octanol–water partition coefficient (Wildman–Crippen LogP) is -0.545. The third-order valence-corrected chi connectivity index (χ3v) is 3.05. The molecule has 2 rings (SSSR count). The normalized spacial score (nSPS) is 14.9. The third-order valence-electron chi connectivity index (χ3n) is 3.05. The average Bonchev–Trinajstić information content (AvgIpc) is 2.70. The maximum Gasteiger partial charge on any atom is -0.0632 e. The monoisotopic (exact) mass is 432 g/mol. The van der Waals surface area contributed by atoms with Crippen molar-refractivity contribution in [3.63, 3.8) is 0 Å². The number of aryl methyl sites for hydroxylation is 3. The Morgan fingerprint density at radius 2 is 1.55 bits per heavy atom. The molecule has 0 bridgehead atoms. The smallest absolute Gasteiger partial charge is 0.0632 e. The summed E-state index contributed by atoms with van der Waals surface area (Å²) in [6.07, 6.45) is 5.52. The molecule has 4 heteroatoms. The van der Waals surface area contributed by atoms with Crippen LogP contribution in [0.4, 0.5) is 0 Å². The van der Waals surface area contributed by atoms with Gasteiger partial charge in [-0.25, -0.2) is 17.2 Å². The minimum Gasteiger partial charge on any atom is -1.00 e. The minimum atomic E-state index is 0. The number of allylic oxidation sites excluding steroid dienone is 4. The zero-order chi connectivity index (χ0) is 15.9. The zero-order valence-corrected chi connectivity index (χ0v) is 20.0. The summed E-state index contributed by atoms with van der Waals surface area (Å²) in [4.78, 5) is 0. The van der Waals surface area contributed by atoms with Crippen molar-refractivity contribution >= 4 is 5.43 Å². The molecular weight excluding hydrogens is 406 g/mol. The van der Waals surface area contributed by atoms with Gasteiger partial charge in [0.2, 0.25) is 0 Å². The van der Waals surface area contributed by atoms with Crippen LogP contribution in [0.1, 0.15) is 37.5 Å².